The van der Waals surface area contributed by atoms with Crippen LogP contribution in [0.4, 0.5) is 5.69 Å². The smallest absolute Gasteiger partial charge is 0.253 e. The average molecular weight is 303 g/mol. The predicted molar refractivity (Wildman–Crippen MR) is 88.0 cm³/mol. The van der Waals surface area contributed by atoms with Crippen LogP contribution in [0.2, 0.25) is 5.02 Å². The van der Waals surface area contributed by atoms with E-state index in [1.54, 1.807) is 29.2 Å². The summed E-state index contributed by atoms with van der Waals surface area (Å²) in [6.45, 7) is 1.55. The molecule has 0 radical (unpaired) electrons. The molecule has 0 aliphatic carbocycles. The highest BCUT2D eigenvalue weighted by atomic mass is 35.5. The molecule has 0 saturated carbocycles. The summed E-state index contributed by atoms with van der Waals surface area (Å²) in [6.07, 6.45) is 0.894. The molecule has 0 bridgehead atoms. The summed E-state index contributed by atoms with van der Waals surface area (Å²) >= 11 is 5.82. The van der Waals surface area contributed by atoms with Gasteiger partial charge in [-0.05, 0) is 42.8 Å². The van der Waals surface area contributed by atoms with E-state index in [2.05, 4.69) is 5.32 Å². The second-order valence-electron chi connectivity index (χ2n) is 4.88. The van der Waals surface area contributed by atoms with E-state index in [9.17, 15) is 4.79 Å². The largest absolute Gasteiger partial charge is 0.385 e. The van der Waals surface area contributed by atoms with Crippen molar-refractivity contribution in [2.45, 2.75) is 6.42 Å². The minimum Gasteiger partial charge on any atom is -0.385 e. The van der Waals surface area contributed by atoms with Crippen molar-refractivity contribution in [3.63, 3.8) is 0 Å². The van der Waals surface area contributed by atoms with Gasteiger partial charge in [-0.25, -0.2) is 0 Å². The first-order valence-corrected chi connectivity index (χ1v) is 7.34. The zero-order chi connectivity index (χ0) is 15.1. The Labute approximate surface area is 130 Å². The highest BCUT2D eigenvalue weighted by Gasteiger charge is 2.10. The fourth-order valence-corrected chi connectivity index (χ4v) is 2.15. The molecule has 0 aromatic heterocycles. The van der Waals surface area contributed by atoms with Crippen molar-refractivity contribution in [3.05, 3.63) is 65.2 Å². The third-order valence-corrected chi connectivity index (χ3v) is 3.46. The van der Waals surface area contributed by atoms with Crippen LogP contribution in [0.25, 0.3) is 0 Å². The molecule has 1 amide bonds. The molecule has 0 heterocycles. The Morgan fingerprint density at radius 3 is 2.43 bits per heavy atom. The van der Waals surface area contributed by atoms with Crippen LogP contribution in [0.15, 0.2) is 54.6 Å². The number of amides is 1. The molecule has 4 heteroatoms. The van der Waals surface area contributed by atoms with Gasteiger partial charge in [-0.15, -0.1) is 0 Å². The fraction of sp³-hybridized carbons (Fsp3) is 0.235. The van der Waals surface area contributed by atoms with E-state index >= 15 is 0 Å². The monoisotopic (exact) mass is 302 g/mol. The number of benzene rings is 2. The molecule has 2 aromatic carbocycles. The van der Waals surface area contributed by atoms with Crippen LogP contribution in [0.3, 0.4) is 0 Å². The number of hydrogen-bond donors (Lipinski definition) is 1. The lowest BCUT2D eigenvalue weighted by Gasteiger charge is -2.17. The summed E-state index contributed by atoms with van der Waals surface area (Å²) in [5.74, 6) is 0.0198. The predicted octanol–water partition coefficient (Wildman–Crippen LogP) is 3.91. The Kier molecular flexibility index (Phi) is 5.64. The van der Waals surface area contributed by atoms with E-state index in [1.807, 2.05) is 37.4 Å². The zero-order valence-corrected chi connectivity index (χ0v) is 12.8. The van der Waals surface area contributed by atoms with Crippen LogP contribution < -0.4 is 5.32 Å². The quantitative estimate of drug-likeness (QED) is 0.820. The molecule has 1 N–H and O–H groups in total. The van der Waals surface area contributed by atoms with Gasteiger partial charge in [0.05, 0.1) is 0 Å². The number of anilines is 1. The second-order valence-corrected chi connectivity index (χ2v) is 5.32. The Morgan fingerprint density at radius 2 is 1.76 bits per heavy atom. The minimum atomic E-state index is 0.0198. The van der Waals surface area contributed by atoms with Gasteiger partial charge in [0, 0.05) is 36.4 Å². The lowest BCUT2D eigenvalue weighted by atomic mass is 10.2. The number of nitrogens with zero attached hydrogens (tertiary/aromatic N) is 1. The lowest BCUT2D eigenvalue weighted by Crippen LogP contribution is -2.28. The summed E-state index contributed by atoms with van der Waals surface area (Å²) in [5, 5.41) is 3.97. The first-order chi connectivity index (χ1) is 10.2. The van der Waals surface area contributed by atoms with E-state index in [4.69, 9.17) is 11.6 Å². The SMILES string of the molecule is CN(CCCNc1ccccc1)C(=O)c1ccc(Cl)cc1. The van der Waals surface area contributed by atoms with Crippen molar-refractivity contribution in [2.75, 3.05) is 25.5 Å². The van der Waals surface area contributed by atoms with Gasteiger partial charge in [-0.1, -0.05) is 29.8 Å². The Morgan fingerprint density at radius 1 is 1.10 bits per heavy atom. The molecule has 0 atom stereocenters. The summed E-state index contributed by atoms with van der Waals surface area (Å²) < 4.78 is 0. The van der Waals surface area contributed by atoms with Gasteiger partial charge in [-0.3, -0.25) is 4.79 Å². The number of carbonyl (C=O) groups is 1. The van der Waals surface area contributed by atoms with Gasteiger partial charge in [0.15, 0.2) is 0 Å². The summed E-state index contributed by atoms with van der Waals surface area (Å²) in [7, 11) is 1.82. The molecule has 21 heavy (non-hydrogen) atoms. The first kappa shape index (κ1) is 15.4. The molecule has 3 nitrogen and oxygen atoms in total. The van der Waals surface area contributed by atoms with Crippen molar-refractivity contribution in [1.29, 1.82) is 0 Å². The Hall–Kier alpha value is -2.00. The van der Waals surface area contributed by atoms with Crippen LogP contribution >= 0.6 is 11.6 Å². The highest BCUT2D eigenvalue weighted by molar-refractivity contribution is 6.30. The summed E-state index contributed by atoms with van der Waals surface area (Å²) in [5.41, 5.74) is 1.77. The fourth-order valence-electron chi connectivity index (χ4n) is 2.02. The number of carbonyl (C=O) groups excluding carboxylic acids is 1. The van der Waals surface area contributed by atoms with Gasteiger partial charge in [-0.2, -0.15) is 0 Å². The Bertz CT molecular complexity index is 569. The summed E-state index contributed by atoms with van der Waals surface area (Å²) in [6, 6.07) is 17.0. The molecule has 2 aromatic rings. The number of rotatable bonds is 6. The van der Waals surface area contributed by atoms with E-state index in [-0.39, 0.29) is 5.91 Å². The van der Waals surface area contributed by atoms with Gasteiger partial charge in [0.1, 0.15) is 0 Å². The maximum atomic E-state index is 12.2. The van der Waals surface area contributed by atoms with Crippen LogP contribution in [-0.4, -0.2) is 30.9 Å². The van der Waals surface area contributed by atoms with Crippen molar-refractivity contribution >= 4 is 23.2 Å². The van der Waals surface area contributed by atoms with E-state index < -0.39 is 0 Å². The molecule has 2 rings (SSSR count). The first-order valence-electron chi connectivity index (χ1n) is 6.97. The van der Waals surface area contributed by atoms with Crippen molar-refractivity contribution < 1.29 is 4.79 Å². The summed E-state index contributed by atoms with van der Waals surface area (Å²) in [4.78, 5) is 13.9. The van der Waals surface area contributed by atoms with Gasteiger partial charge < -0.3 is 10.2 Å². The average Bonchev–Trinajstić information content (AvgIpc) is 2.52. The molecule has 0 fully saturated rings. The van der Waals surface area contributed by atoms with Crippen LogP contribution in [0.1, 0.15) is 16.8 Å². The van der Waals surface area contributed by atoms with E-state index in [0.29, 0.717) is 17.1 Å². The zero-order valence-electron chi connectivity index (χ0n) is 12.1. The van der Waals surface area contributed by atoms with E-state index in [1.165, 1.54) is 0 Å². The molecule has 0 unspecified atom stereocenters. The van der Waals surface area contributed by atoms with E-state index in [0.717, 1.165) is 18.7 Å². The molecule has 110 valence electrons. The maximum Gasteiger partial charge on any atom is 0.253 e. The van der Waals surface area contributed by atoms with Gasteiger partial charge in [0.2, 0.25) is 0 Å². The third kappa shape index (κ3) is 4.80. The molecule has 0 aliphatic heterocycles. The van der Waals surface area contributed by atoms with Crippen LogP contribution in [-0.2, 0) is 0 Å². The van der Waals surface area contributed by atoms with Crippen LogP contribution in [0, 0.1) is 0 Å². The Balaban J connectivity index is 1.75. The molecule has 0 saturated heterocycles. The molecular formula is C17H19ClN2O. The van der Waals surface area contributed by atoms with Gasteiger partial charge >= 0.3 is 0 Å². The van der Waals surface area contributed by atoms with Crippen molar-refractivity contribution in [3.8, 4) is 0 Å². The maximum absolute atomic E-state index is 12.2. The normalized spacial score (nSPS) is 10.2. The second kappa shape index (κ2) is 7.70. The number of halogens is 1. The number of para-hydroxylation sites is 1. The number of nitrogens with one attached hydrogen (secondary N) is 1. The van der Waals surface area contributed by atoms with Crippen molar-refractivity contribution in [2.24, 2.45) is 0 Å². The van der Waals surface area contributed by atoms with Crippen LogP contribution in [0.5, 0.6) is 0 Å². The third-order valence-electron chi connectivity index (χ3n) is 3.21. The standard InChI is InChI=1S/C17H19ClN2O/c1-20(17(21)14-8-10-15(18)11-9-14)13-5-12-19-16-6-3-2-4-7-16/h2-4,6-11,19H,5,12-13H2,1H3. The highest BCUT2D eigenvalue weighted by Crippen LogP contribution is 2.11. The molecule has 0 spiro atoms. The minimum absolute atomic E-state index is 0.0198. The van der Waals surface area contributed by atoms with Gasteiger partial charge in [0.25, 0.3) is 5.91 Å². The lowest BCUT2D eigenvalue weighted by molar-refractivity contribution is 0.0794. The molecular weight excluding hydrogens is 284 g/mol. The number of hydrogen-bond acceptors (Lipinski definition) is 2. The van der Waals surface area contributed by atoms with Crippen molar-refractivity contribution in [1.82, 2.24) is 4.90 Å². The molecule has 0 aliphatic rings. The topological polar surface area (TPSA) is 32.3 Å².